The number of fused-ring (bicyclic) bond motifs is 20. The molecule has 219 valence electrons. The molecule has 8 bridgehead atoms. The van der Waals surface area contributed by atoms with E-state index in [1.807, 2.05) is 72.8 Å². The summed E-state index contributed by atoms with van der Waals surface area (Å²) >= 11 is 0. The molecule has 10 nitrogen and oxygen atoms in total. The predicted molar refractivity (Wildman–Crippen MR) is 169 cm³/mol. The number of rotatable bonds is 1. The van der Waals surface area contributed by atoms with Gasteiger partial charge in [0.15, 0.2) is 23.3 Å². The zero-order chi connectivity index (χ0) is 29.6. The van der Waals surface area contributed by atoms with E-state index in [-0.39, 0.29) is 21.7 Å². The SMILES string of the molecule is O=S(=O)(Cl)c1ccc2c3nc4nc(nc5[nH]c(nc6nc(nc([nH]3)c2c1)-c1ccccc1-6)c1ccccc51)-c1ccccc1-4.[Co]. The van der Waals surface area contributed by atoms with E-state index in [2.05, 4.69) is 9.97 Å². The average Bonchev–Trinajstić information content (AvgIpc) is 3.76. The van der Waals surface area contributed by atoms with E-state index < -0.39 is 9.05 Å². The molecule has 0 unspecified atom stereocenters. The van der Waals surface area contributed by atoms with Crippen molar-refractivity contribution in [2.45, 2.75) is 4.90 Å². The quantitative estimate of drug-likeness (QED) is 0.182. The minimum absolute atomic E-state index is 0. The van der Waals surface area contributed by atoms with Gasteiger partial charge in [-0.2, -0.15) is 0 Å². The fourth-order valence-corrected chi connectivity index (χ4v) is 6.55. The molecule has 2 aliphatic heterocycles. The van der Waals surface area contributed by atoms with Gasteiger partial charge in [0.2, 0.25) is 0 Å². The van der Waals surface area contributed by atoms with Crippen LogP contribution in [-0.2, 0) is 25.8 Å². The van der Waals surface area contributed by atoms with Gasteiger partial charge in [-0.25, -0.2) is 38.3 Å². The Labute approximate surface area is 269 Å². The third-order valence-electron chi connectivity index (χ3n) is 7.81. The third-order valence-corrected chi connectivity index (χ3v) is 9.16. The molecule has 4 aromatic carbocycles. The molecule has 0 saturated carbocycles. The first-order chi connectivity index (χ1) is 21.4. The number of benzene rings is 4. The van der Waals surface area contributed by atoms with Gasteiger partial charge < -0.3 is 9.97 Å². The van der Waals surface area contributed by atoms with Gasteiger partial charge in [0.1, 0.15) is 22.6 Å². The monoisotopic (exact) mass is 671 g/mol. The summed E-state index contributed by atoms with van der Waals surface area (Å²) in [5.41, 5.74) is 5.28. The second kappa shape index (κ2) is 10.0. The molecule has 0 amide bonds. The maximum Gasteiger partial charge on any atom is 0.261 e. The van der Waals surface area contributed by atoms with E-state index in [0.29, 0.717) is 56.7 Å². The number of H-pyrrole nitrogens is 2. The Bertz CT molecular complexity index is 2670. The average molecular weight is 672 g/mol. The van der Waals surface area contributed by atoms with Gasteiger partial charge >= 0.3 is 0 Å². The van der Waals surface area contributed by atoms with Crippen molar-refractivity contribution in [1.82, 2.24) is 39.9 Å². The van der Waals surface area contributed by atoms with Crippen molar-refractivity contribution in [2.75, 3.05) is 0 Å². The van der Waals surface area contributed by atoms with Crippen molar-refractivity contribution in [1.29, 1.82) is 0 Å². The van der Waals surface area contributed by atoms with Crippen LogP contribution in [0, 0.1) is 0 Å². The maximum atomic E-state index is 12.3. The first kappa shape index (κ1) is 27.5. The molecule has 0 saturated heterocycles. The van der Waals surface area contributed by atoms with E-state index in [1.54, 1.807) is 6.07 Å². The third kappa shape index (κ3) is 4.33. The first-order valence-corrected chi connectivity index (χ1v) is 15.9. The molecule has 9 rings (SSSR count). The molecule has 45 heavy (non-hydrogen) atoms. The summed E-state index contributed by atoms with van der Waals surface area (Å²) in [6.45, 7) is 0. The Morgan fingerprint density at radius 1 is 0.467 bits per heavy atom. The molecule has 13 heteroatoms. The van der Waals surface area contributed by atoms with E-state index in [1.165, 1.54) is 12.1 Å². The summed E-state index contributed by atoms with van der Waals surface area (Å²) in [6, 6.07) is 27.9. The fourth-order valence-electron chi connectivity index (χ4n) is 5.77. The van der Waals surface area contributed by atoms with Crippen molar-refractivity contribution in [3.63, 3.8) is 0 Å². The van der Waals surface area contributed by atoms with E-state index in [4.69, 9.17) is 40.6 Å². The van der Waals surface area contributed by atoms with Crippen LogP contribution in [0.25, 0.3) is 89.7 Å². The topological polar surface area (TPSA) is 143 Å². The van der Waals surface area contributed by atoms with Crippen LogP contribution in [0.15, 0.2) is 95.9 Å². The molecule has 3 aromatic heterocycles. The number of nitrogens with one attached hydrogen (secondary N) is 2. The van der Waals surface area contributed by atoms with Crippen molar-refractivity contribution in [3.05, 3.63) is 91.0 Å². The van der Waals surface area contributed by atoms with Crippen LogP contribution in [0.3, 0.4) is 0 Å². The Hall–Kier alpha value is -5.01. The summed E-state index contributed by atoms with van der Waals surface area (Å²) in [7, 11) is 1.73. The molecule has 2 N–H and O–H groups in total. The number of hydrogen-bond donors (Lipinski definition) is 2. The van der Waals surface area contributed by atoms with Crippen molar-refractivity contribution in [2.24, 2.45) is 0 Å². The molecular formula is C32H17ClCoN8O2S. The summed E-state index contributed by atoms with van der Waals surface area (Å²) < 4.78 is 24.6. The molecule has 2 aliphatic rings. The number of aromatic amines is 2. The zero-order valence-corrected chi connectivity index (χ0v) is 25.4. The van der Waals surface area contributed by atoms with E-state index in [0.717, 1.165) is 33.0 Å². The summed E-state index contributed by atoms with van der Waals surface area (Å²) in [5.74, 6) is 1.85. The second-order valence-electron chi connectivity index (χ2n) is 10.4. The number of hydrogen-bond acceptors (Lipinski definition) is 8. The van der Waals surface area contributed by atoms with E-state index >= 15 is 0 Å². The van der Waals surface area contributed by atoms with Gasteiger partial charge in [0.25, 0.3) is 9.05 Å². The molecule has 0 atom stereocenters. The van der Waals surface area contributed by atoms with Crippen LogP contribution in [0.1, 0.15) is 0 Å². The molecule has 0 fully saturated rings. The van der Waals surface area contributed by atoms with Crippen LogP contribution in [0.2, 0.25) is 0 Å². The molecule has 1 radical (unpaired) electrons. The van der Waals surface area contributed by atoms with Crippen molar-refractivity contribution < 1.29 is 25.2 Å². The van der Waals surface area contributed by atoms with Crippen LogP contribution in [-0.4, -0.2) is 48.3 Å². The standard InChI is InChI=1S/C32H17ClN8O2S.Co/c33-44(42,43)16-13-14-23-24(15-16)32-40-30-22-12-6-5-11-21(22)28(38-30)36-26-18-8-2-1-7-17(18)25(34-26)35-27-19-9-3-4-10-20(19)29(37-27)39-31(23)41-32;/h1-15H,(H2,34,35,36,37,38,39,40,41);. The van der Waals surface area contributed by atoms with Gasteiger partial charge in [0.05, 0.1) is 4.90 Å². The van der Waals surface area contributed by atoms with Crippen LogP contribution in [0.5, 0.6) is 0 Å². The molecule has 0 aliphatic carbocycles. The number of aromatic nitrogens is 8. The fraction of sp³-hybridized carbons (Fsp3) is 0. The van der Waals surface area contributed by atoms with Crippen molar-refractivity contribution >= 4 is 63.9 Å². The van der Waals surface area contributed by atoms with Crippen LogP contribution in [0.4, 0.5) is 0 Å². The van der Waals surface area contributed by atoms with Gasteiger partial charge in [-0.1, -0.05) is 72.8 Å². The van der Waals surface area contributed by atoms with Gasteiger partial charge in [-0.3, -0.25) is 0 Å². The molecule has 5 heterocycles. The largest absolute Gasteiger partial charge is 0.324 e. The predicted octanol–water partition coefficient (Wildman–Crippen LogP) is 6.79. The molecule has 0 spiro atoms. The number of halogens is 1. The minimum Gasteiger partial charge on any atom is -0.324 e. The Morgan fingerprint density at radius 3 is 1.22 bits per heavy atom. The summed E-state index contributed by atoms with van der Waals surface area (Å²) in [5, 5.41) is 2.94. The van der Waals surface area contributed by atoms with Crippen LogP contribution < -0.4 is 0 Å². The Kier molecular flexibility index (Phi) is 6.12. The second-order valence-corrected chi connectivity index (χ2v) is 13.0. The molecular weight excluding hydrogens is 655 g/mol. The maximum absolute atomic E-state index is 12.3. The number of nitrogens with zero attached hydrogens (tertiary/aromatic N) is 6. The molecule has 7 aromatic rings. The smallest absolute Gasteiger partial charge is 0.261 e. The van der Waals surface area contributed by atoms with Gasteiger partial charge in [-0.05, 0) is 18.2 Å². The van der Waals surface area contributed by atoms with Gasteiger partial charge in [0, 0.05) is 71.3 Å². The Balaban J connectivity index is 0.00000300. The minimum atomic E-state index is -4.00. The summed E-state index contributed by atoms with van der Waals surface area (Å²) in [6.07, 6.45) is 0. The van der Waals surface area contributed by atoms with Crippen LogP contribution >= 0.6 is 10.7 Å². The normalized spacial score (nSPS) is 12.1. The van der Waals surface area contributed by atoms with E-state index in [9.17, 15) is 8.42 Å². The van der Waals surface area contributed by atoms with Crippen molar-refractivity contribution in [3.8, 4) is 45.6 Å². The summed E-state index contributed by atoms with van der Waals surface area (Å²) in [4.78, 5) is 36.1. The first-order valence-electron chi connectivity index (χ1n) is 13.6. The van der Waals surface area contributed by atoms with Gasteiger partial charge in [-0.15, -0.1) is 0 Å². The zero-order valence-electron chi connectivity index (χ0n) is 22.8. The Morgan fingerprint density at radius 2 is 0.822 bits per heavy atom.